The summed E-state index contributed by atoms with van der Waals surface area (Å²) in [6.45, 7) is 2.15. The second-order valence-corrected chi connectivity index (χ2v) is 10.1. The topological polar surface area (TPSA) is 164 Å². The number of pyridine rings is 1. The van der Waals surface area contributed by atoms with Gasteiger partial charge in [0, 0.05) is 22.8 Å². The Labute approximate surface area is 212 Å². The molecule has 2 amide bonds. The smallest absolute Gasteiger partial charge is 0.352 e. The number of rotatable bonds is 7. The summed E-state index contributed by atoms with van der Waals surface area (Å²) in [6, 6.07) is 2.80. The fourth-order valence-electron chi connectivity index (χ4n) is 4.19. The standard InChI is InChI=1S/C22H20N6O6S2/c1-10-5-11-6-27(4-3-14(11)34-10)7-12-8-35-20-16(19(30)28(20)17(12)21(31)32)25-18(29)15(26-33-2)13-9-36-22(23)24-13/h3-6,9,16,20H,7-8H2,1-2H3,(H3-,23,24,25,29,31,32)/p+1/b26-15-/t16?,20-/m1/s1. The van der Waals surface area contributed by atoms with Gasteiger partial charge in [-0.2, -0.15) is 0 Å². The normalized spacial score (nSPS) is 19.8. The Morgan fingerprint density at radius 3 is 2.97 bits per heavy atom. The SMILES string of the molecule is CO/N=C(\C(=O)NC1C(=O)N2C(C(=O)O)=C(C[n+]3ccc4oc(C)cc4c3)CS[C@H]12)c1csc(N)n1. The van der Waals surface area contributed by atoms with Crippen molar-refractivity contribution in [2.75, 3.05) is 18.6 Å². The molecule has 2 aliphatic rings. The molecule has 1 fully saturated rings. The molecule has 5 rings (SSSR count). The van der Waals surface area contributed by atoms with Crippen LogP contribution in [-0.2, 0) is 25.8 Å². The molecule has 14 heteroatoms. The summed E-state index contributed by atoms with van der Waals surface area (Å²) in [7, 11) is 1.28. The van der Waals surface area contributed by atoms with E-state index in [9.17, 15) is 19.5 Å². The molecule has 0 saturated carbocycles. The summed E-state index contributed by atoms with van der Waals surface area (Å²) in [6.07, 6.45) is 3.68. The van der Waals surface area contributed by atoms with Gasteiger partial charge >= 0.3 is 5.97 Å². The average Bonchev–Trinajstić information content (AvgIpc) is 3.44. The molecule has 3 aromatic heterocycles. The van der Waals surface area contributed by atoms with E-state index in [0.717, 1.165) is 28.1 Å². The average molecular weight is 530 g/mol. The van der Waals surface area contributed by atoms with Crippen molar-refractivity contribution < 1.29 is 33.3 Å². The lowest BCUT2D eigenvalue weighted by molar-refractivity contribution is -0.687. The second-order valence-electron chi connectivity index (χ2n) is 8.11. The van der Waals surface area contributed by atoms with Crippen LogP contribution in [0.25, 0.3) is 11.0 Å². The van der Waals surface area contributed by atoms with E-state index in [0.29, 0.717) is 11.3 Å². The number of oxime groups is 1. The number of anilines is 1. The first kappa shape index (κ1) is 23.8. The number of aryl methyl sites for hydroxylation is 1. The molecule has 3 aromatic rings. The van der Waals surface area contributed by atoms with Crippen molar-refractivity contribution >= 4 is 62.7 Å². The summed E-state index contributed by atoms with van der Waals surface area (Å²) in [4.78, 5) is 48.1. The molecule has 1 unspecified atom stereocenters. The van der Waals surface area contributed by atoms with Crippen LogP contribution in [0.4, 0.5) is 5.13 Å². The molecule has 0 spiro atoms. The van der Waals surface area contributed by atoms with Gasteiger partial charge in [0.15, 0.2) is 29.8 Å². The minimum atomic E-state index is -1.20. The monoisotopic (exact) mass is 529 g/mol. The van der Waals surface area contributed by atoms with Gasteiger partial charge < -0.3 is 25.4 Å². The first-order chi connectivity index (χ1) is 17.3. The van der Waals surface area contributed by atoms with Gasteiger partial charge in [0.05, 0.1) is 5.39 Å². The molecule has 1 saturated heterocycles. The van der Waals surface area contributed by atoms with Gasteiger partial charge in [0.2, 0.25) is 0 Å². The molecular formula is C22H21N6O6S2+. The Bertz CT molecular complexity index is 1460. The molecule has 4 N–H and O–H groups in total. The second kappa shape index (κ2) is 9.28. The summed E-state index contributed by atoms with van der Waals surface area (Å²) >= 11 is 2.51. The van der Waals surface area contributed by atoms with Crippen molar-refractivity contribution in [3.05, 3.63) is 52.6 Å². The fraction of sp³-hybridized carbons (Fsp3) is 0.273. The number of nitrogens with two attached hydrogens (primary N) is 1. The highest BCUT2D eigenvalue weighted by atomic mass is 32.2. The van der Waals surface area contributed by atoms with Gasteiger partial charge in [-0.1, -0.05) is 5.16 Å². The third-order valence-corrected chi connectivity index (χ3v) is 7.72. The number of thioether (sulfide) groups is 1. The van der Waals surface area contributed by atoms with E-state index in [1.54, 1.807) is 11.6 Å². The molecule has 12 nitrogen and oxygen atoms in total. The minimum Gasteiger partial charge on any atom is -0.477 e. The molecule has 2 atom stereocenters. The van der Waals surface area contributed by atoms with Gasteiger partial charge in [-0.15, -0.1) is 23.1 Å². The number of furan rings is 1. The van der Waals surface area contributed by atoms with Gasteiger partial charge in [0.1, 0.15) is 41.3 Å². The Morgan fingerprint density at radius 2 is 2.28 bits per heavy atom. The molecule has 186 valence electrons. The summed E-state index contributed by atoms with van der Waals surface area (Å²) in [5, 5.41) is 18.4. The predicted molar refractivity (Wildman–Crippen MR) is 131 cm³/mol. The van der Waals surface area contributed by atoms with E-state index in [2.05, 4.69) is 15.5 Å². The number of carboxylic acid groups (broad SMARTS) is 1. The van der Waals surface area contributed by atoms with E-state index in [-0.39, 0.29) is 28.8 Å². The molecule has 2 aliphatic heterocycles. The van der Waals surface area contributed by atoms with E-state index < -0.39 is 29.2 Å². The van der Waals surface area contributed by atoms with Crippen LogP contribution >= 0.6 is 23.1 Å². The van der Waals surface area contributed by atoms with Crippen molar-refractivity contribution in [1.82, 2.24) is 15.2 Å². The van der Waals surface area contributed by atoms with Gasteiger partial charge in [0.25, 0.3) is 11.8 Å². The van der Waals surface area contributed by atoms with Crippen LogP contribution in [0.15, 0.2) is 50.7 Å². The maximum atomic E-state index is 13.0. The molecule has 0 bridgehead atoms. The number of hydrogen-bond acceptors (Lipinski definition) is 10. The highest BCUT2D eigenvalue weighted by Gasteiger charge is 2.54. The lowest BCUT2D eigenvalue weighted by atomic mass is 10.0. The van der Waals surface area contributed by atoms with Crippen LogP contribution in [0, 0.1) is 6.92 Å². The maximum Gasteiger partial charge on any atom is 0.352 e. The number of nitrogens with zero attached hydrogens (tertiary/aromatic N) is 4. The number of carbonyl (C=O) groups excluding carboxylic acids is 2. The zero-order valence-electron chi connectivity index (χ0n) is 19.1. The number of thiazole rings is 1. The highest BCUT2D eigenvalue weighted by molar-refractivity contribution is 8.00. The van der Waals surface area contributed by atoms with Crippen LogP contribution in [0.2, 0.25) is 0 Å². The number of hydrogen-bond donors (Lipinski definition) is 3. The van der Waals surface area contributed by atoms with Gasteiger partial charge in [-0.25, -0.2) is 14.3 Å². The number of fused-ring (bicyclic) bond motifs is 2. The zero-order valence-corrected chi connectivity index (χ0v) is 20.8. The molecule has 0 aromatic carbocycles. The third kappa shape index (κ3) is 4.18. The van der Waals surface area contributed by atoms with Crippen molar-refractivity contribution in [3.63, 3.8) is 0 Å². The van der Waals surface area contributed by atoms with Crippen LogP contribution in [0.5, 0.6) is 0 Å². The molecule has 5 heterocycles. The van der Waals surface area contributed by atoms with Gasteiger partial charge in [-0.3, -0.25) is 14.5 Å². The molecule has 36 heavy (non-hydrogen) atoms. The minimum absolute atomic E-state index is 0.0664. The highest BCUT2D eigenvalue weighted by Crippen LogP contribution is 2.40. The van der Waals surface area contributed by atoms with E-state index in [1.165, 1.54) is 23.8 Å². The number of nitrogen functional groups attached to an aromatic ring is 1. The van der Waals surface area contributed by atoms with Crippen LogP contribution in [-0.4, -0.2) is 62.8 Å². The first-order valence-electron chi connectivity index (χ1n) is 10.7. The fourth-order valence-corrected chi connectivity index (χ4v) is 6.08. The molecular weight excluding hydrogens is 508 g/mol. The van der Waals surface area contributed by atoms with E-state index >= 15 is 0 Å². The Hall–Kier alpha value is -3.91. The summed E-state index contributed by atoms with van der Waals surface area (Å²) in [5.41, 5.74) is 6.99. The Morgan fingerprint density at radius 1 is 1.47 bits per heavy atom. The van der Waals surface area contributed by atoms with Crippen LogP contribution in [0.1, 0.15) is 11.5 Å². The van der Waals surface area contributed by atoms with E-state index in [1.807, 2.05) is 29.8 Å². The lowest BCUT2D eigenvalue weighted by Gasteiger charge is -2.49. The number of β-lactam (4-membered cyclic amide) rings is 1. The number of nitrogens with one attached hydrogen (secondary N) is 1. The largest absolute Gasteiger partial charge is 0.477 e. The van der Waals surface area contributed by atoms with Crippen molar-refractivity contribution in [1.29, 1.82) is 0 Å². The summed E-state index contributed by atoms with van der Waals surface area (Å²) < 4.78 is 7.45. The zero-order chi connectivity index (χ0) is 25.6. The molecule has 0 aliphatic carbocycles. The quantitative estimate of drug-likeness (QED) is 0.174. The van der Waals surface area contributed by atoms with Crippen molar-refractivity contribution in [2.45, 2.75) is 24.9 Å². The van der Waals surface area contributed by atoms with Crippen molar-refractivity contribution in [2.24, 2.45) is 5.16 Å². The number of aromatic nitrogens is 2. The van der Waals surface area contributed by atoms with Crippen LogP contribution < -0.4 is 15.6 Å². The van der Waals surface area contributed by atoms with Gasteiger partial charge in [-0.05, 0) is 13.0 Å². The predicted octanol–water partition coefficient (Wildman–Crippen LogP) is 0.857. The number of carboxylic acids is 1. The maximum absolute atomic E-state index is 13.0. The van der Waals surface area contributed by atoms with Crippen LogP contribution in [0.3, 0.4) is 0 Å². The van der Waals surface area contributed by atoms with Crippen molar-refractivity contribution in [3.8, 4) is 0 Å². The number of carbonyl (C=O) groups is 3. The first-order valence-corrected chi connectivity index (χ1v) is 12.6. The molecule has 0 radical (unpaired) electrons. The Kier molecular flexibility index (Phi) is 6.14. The Balaban J connectivity index is 1.36. The third-order valence-electron chi connectivity index (χ3n) is 5.71. The summed E-state index contributed by atoms with van der Waals surface area (Å²) in [5.74, 6) is -1.24. The van der Waals surface area contributed by atoms with E-state index in [4.69, 9.17) is 15.0 Å². The number of amides is 2. The lowest BCUT2D eigenvalue weighted by Crippen LogP contribution is -2.71. The number of aliphatic carboxylic acids is 1.